The van der Waals surface area contributed by atoms with Crippen LogP contribution in [-0.4, -0.2) is 27.9 Å². The third kappa shape index (κ3) is 3.04. The highest BCUT2D eigenvalue weighted by atomic mass is 32.1. The van der Waals surface area contributed by atoms with Gasteiger partial charge in [0.1, 0.15) is 10.6 Å². The van der Waals surface area contributed by atoms with Gasteiger partial charge in [-0.05, 0) is 55.7 Å². The lowest BCUT2D eigenvalue weighted by Crippen LogP contribution is -2.29. The molecule has 7 nitrogen and oxygen atoms in total. The molecule has 3 aromatic rings. The van der Waals surface area contributed by atoms with Crippen molar-refractivity contribution in [3.8, 4) is 11.5 Å². The zero-order valence-corrected chi connectivity index (χ0v) is 15.5. The van der Waals surface area contributed by atoms with Gasteiger partial charge in [-0.1, -0.05) is 16.6 Å². The zero-order chi connectivity index (χ0) is 19.0. The Kier molecular flexibility index (Phi) is 4.33. The molecule has 0 unspecified atom stereocenters. The van der Waals surface area contributed by atoms with Crippen LogP contribution >= 0.6 is 11.5 Å². The van der Waals surface area contributed by atoms with E-state index in [2.05, 4.69) is 14.9 Å². The smallest absolute Gasteiger partial charge is 0.269 e. The van der Waals surface area contributed by atoms with Gasteiger partial charge in [0.15, 0.2) is 5.75 Å². The van der Waals surface area contributed by atoms with Gasteiger partial charge in [-0.3, -0.25) is 9.59 Å². The molecule has 0 atom stereocenters. The molecule has 1 aromatic heterocycles. The van der Waals surface area contributed by atoms with Crippen molar-refractivity contribution >= 4 is 34.7 Å². The predicted octanol–water partition coefficient (Wildman–Crippen LogP) is 3.87. The molecule has 1 N–H and O–H groups in total. The number of amides is 2. The molecule has 1 aliphatic rings. The van der Waals surface area contributed by atoms with Crippen LogP contribution in [0.2, 0.25) is 0 Å². The standard InChI is InChI=1S/C19H16N4O3S/c1-3-23-14-6-4-5-7-16(14)26-15-9-8-12(10-13(15)19(23)25)20-18(24)17-11(2)21-22-27-17/h4-10H,3H2,1-2H3,(H,20,24). The first-order valence-electron chi connectivity index (χ1n) is 8.41. The number of carbonyl (C=O) groups excluding carboxylic acids is 2. The lowest BCUT2D eigenvalue weighted by molar-refractivity contribution is 0.0986. The van der Waals surface area contributed by atoms with E-state index in [-0.39, 0.29) is 11.8 Å². The Morgan fingerprint density at radius 1 is 1.22 bits per heavy atom. The van der Waals surface area contributed by atoms with E-state index in [1.54, 1.807) is 30.0 Å². The summed E-state index contributed by atoms with van der Waals surface area (Å²) in [7, 11) is 0. The summed E-state index contributed by atoms with van der Waals surface area (Å²) < 4.78 is 9.74. The number of ether oxygens (including phenoxy) is 1. The van der Waals surface area contributed by atoms with E-state index in [0.717, 1.165) is 17.2 Å². The fourth-order valence-electron chi connectivity index (χ4n) is 2.95. The minimum Gasteiger partial charge on any atom is -0.454 e. The highest BCUT2D eigenvalue weighted by Crippen LogP contribution is 2.39. The van der Waals surface area contributed by atoms with Gasteiger partial charge in [0.2, 0.25) is 0 Å². The molecule has 27 heavy (non-hydrogen) atoms. The number of hydrogen-bond acceptors (Lipinski definition) is 6. The number of anilines is 2. The molecule has 2 heterocycles. The molecule has 2 amide bonds. The lowest BCUT2D eigenvalue weighted by Gasteiger charge is -2.19. The molecule has 0 saturated heterocycles. The molecule has 136 valence electrons. The molecule has 8 heteroatoms. The van der Waals surface area contributed by atoms with Gasteiger partial charge >= 0.3 is 0 Å². The van der Waals surface area contributed by atoms with Gasteiger partial charge in [0.05, 0.1) is 16.9 Å². The third-order valence-electron chi connectivity index (χ3n) is 4.26. The molecule has 0 bridgehead atoms. The number of aryl methyl sites for hydroxylation is 1. The quantitative estimate of drug-likeness (QED) is 0.746. The van der Waals surface area contributed by atoms with E-state index in [0.29, 0.717) is 39.9 Å². The molecule has 0 saturated carbocycles. The summed E-state index contributed by atoms with van der Waals surface area (Å²) in [6.07, 6.45) is 0. The summed E-state index contributed by atoms with van der Waals surface area (Å²) in [4.78, 5) is 27.6. The number of nitrogens with one attached hydrogen (secondary N) is 1. The number of carbonyl (C=O) groups is 2. The summed E-state index contributed by atoms with van der Waals surface area (Å²) in [5.74, 6) is 0.593. The number of nitrogens with zero attached hydrogens (tertiary/aromatic N) is 3. The molecule has 1 aliphatic heterocycles. The van der Waals surface area contributed by atoms with Crippen LogP contribution in [0.1, 0.15) is 32.6 Å². The fraction of sp³-hybridized carbons (Fsp3) is 0.158. The van der Waals surface area contributed by atoms with Crippen LogP contribution in [0.3, 0.4) is 0 Å². The summed E-state index contributed by atoms with van der Waals surface area (Å²) >= 11 is 1.03. The third-order valence-corrected chi connectivity index (χ3v) is 5.09. The second-order valence-electron chi connectivity index (χ2n) is 5.97. The molecule has 0 spiro atoms. The van der Waals surface area contributed by atoms with Crippen LogP contribution in [0, 0.1) is 6.92 Å². The van der Waals surface area contributed by atoms with Crippen molar-refractivity contribution in [3.05, 3.63) is 58.6 Å². The van der Waals surface area contributed by atoms with E-state index in [9.17, 15) is 9.59 Å². The maximum atomic E-state index is 13.1. The van der Waals surface area contributed by atoms with E-state index in [1.807, 2.05) is 31.2 Å². The Hall–Kier alpha value is -3.26. The second-order valence-corrected chi connectivity index (χ2v) is 6.73. The van der Waals surface area contributed by atoms with Gasteiger partial charge in [-0.2, -0.15) is 0 Å². The number of para-hydroxylation sites is 2. The largest absolute Gasteiger partial charge is 0.454 e. The molecule has 2 aromatic carbocycles. The van der Waals surface area contributed by atoms with Crippen molar-refractivity contribution in [3.63, 3.8) is 0 Å². The molecule has 4 rings (SSSR count). The van der Waals surface area contributed by atoms with Crippen molar-refractivity contribution in [1.82, 2.24) is 9.59 Å². The highest BCUT2D eigenvalue weighted by molar-refractivity contribution is 7.08. The maximum absolute atomic E-state index is 13.1. The molecule has 0 radical (unpaired) electrons. The Balaban J connectivity index is 1.70. The first kappa shape index (κ1) is 17.2. The van der Waals surface area contributed by atoms with Gasteiger partial charge < -0.3 is 15.0 Å². The molecular formula is C19H16N4O3S. The van der Waals surface area contributed by atoms with E-state index >= 15 is 0 Å². The van der Waals surface area contributed by atoms with Crippen molar-refractivity contribution in [2.45, 2.75) is 13.8 Å². The summed E-state index contributed by atoms with van der Waals surface area (Å²) in [5, 5.41) is 6.64. The molecule has 0 fully saturated rings. The van der Waals surface area contributed by atoms with Crippen LogP contribution in [0.25, 0.3) is 0 Å². The monoisotopic (exact) mass is 380 g/mol. The van der Waals surface area contributed by atoms with Crippen LogP contribution in [0.15, 0.2) is 42.5 Å². The number of aromatic nitrogens is 2. The Labute approximate surface area is 159 Å². The number of hydrogen-bond donors (Lipinski definition) is 1. The van der Waals surface area contributed by atoms with Crippen molar-refractivity contribution in [1.29, 1.82) is 0 Å². The van der Waals surface area contributed by atoms with Crippen LogP contribution in [0.5, 0.6) is 11.5 Å². The van der Waals surface area contributed by atoms with Gasteiger partial charge in [0.25, 0.3) is 11.8 Å². The topological polar surface area (TPSA) is 84.4 Å². The van der Waals surface area contributed by atoms with Crippen LogP contribution in [-0.2, 0) is 0 Å². The normalized spacial score (nSPS) is 12.7. The van der Waals surface area contributed by atoms with Crippen molar-refractivity contribution in [2.24, 2.45) is 0 Å². The predicted molar refractivity (Wildman–Crippen MR) is 103 cm³/mol. The number of fused-ring (bicyclic) bond motifs is 2. The number of rotatable bonds is 3. The Morgan fingerprint density at radius 2 is 2.04 bits per heavy atom. The lowest BCUT2D eigenvalue weighted by atomic mass is 10.1. The average molecular weight is 380 g/mol. The van der Waals surface area contributed by atoms with E-state index in [4.69, 9.17) is 4.74 Å². The van der Waals surface area contributed by atoms with E-state index in [1.165, 1.54) is 0 Å². The van der Waals surface area contributed by atoms with Gasteiger partial charge in [-0.15, -0.1) is 5.10 Å². The van der Waals surface area contributed by atoms with Gasteiger partial charge in [-0.25, -0.2) is 0 Å². The van der Waals surface area contributed by atoms with Crippen LogP contribution in [0.4, 0.5) is 11.4 Å². The van der Waals surface area contributed by atoms with Crippen molar-refractivity contribution < 1.29 is 14.3 Å². The number of benzene rings is 2. The summed E-state index contributed by atoms with van der Waals surface area (Å²) in [5.41, 5.74) is 2.19. The first-order valence-corrected chi connectivity index (χ1v) is 9.19. The molecule has 0 aliphatic carbocycles. The highest BCUT2D eigenvalue weighted by Gasteiger charge is 2.27. The first-order chi connectivity index (χ1) is 13.1. The average Bonchev–Trinajstić information content (AvgIpc) is 3.06. The summed E-state index contributed by atoms with van der Waals surface area (Å²) in [6, 6.07) is 12.4. The zero-order valence-electron chi connectivity index (χ0n) is 14.7. The van der Waals surface area contributed by atoms with Crippen molar-refractivity contribution in [2.75, 3.05) is 16.8 Å². The minimum atomic E-state index is -0.305. The maximum Gasteiger partial charge on any atom is 0.269 e. The Morgan fingerprint density at radius 3 is 2.78 bits per heavy atom. The summed E-state index contributed by atoms with van der Waals surface area (Å²) in [6.45, 7) is 4.13. The van der Waals surface area contributed by atoms with Crippen LogP contribution < -0.4 is 15.0 Å². The molecular weight excluding hydrogens is 364 g/mol. The second kappa shape index (κ2) is 6.81. The fourth-order valence-corrected chi connectivity index (χ4v) is 3.50. The van der Waals surface area contributed by atoms with Gasteiger partial charge in [0, 0.05) is 12.2 Å². The minimum absolute atomic E-state index is 0.177. The SMILES string of the molecule is CCN1C(=O)c2cc(NC(=O)c3snnc3C)ccc2Oc2ccccc21. The Bertz CT molecular complexity index is 1050. The van der Waals surface area contributed by atoms with E-state index < -0.39 is 0 Å².